The predicted octanol–water partition coefficient (Wildman–Crippen LogP) is 1.88. The summed E-state index contributed by atoms with van der Waals surface area (Å²) in [6.07, 6.45) is 8.32. The molecular weight excluding hydrogens is 338 g/mol. The summed E-state index contributed by atoms with van der Waals surface area (Å²) < 4.78 is 2.24. The van der Waals surface area contributed by atoms with Crippen molar-refractivity contribution < 1.29 is 4.79 Å². The Hall–Kier alpha value is -2.03. The van der Waals surface area contributed by atoms with Gasteiger partial charge < -0.3 is 15.2 Å². The maximum absolute atomic E-state index is 12.5. The van der Waals surface area contributed by atoms with Crippen molar-refractivity contribution in [2.24, 2.45) is 0 Å². The second-order valence-corrected chi connectivity index (χ2v) is 7.25. The molecule has 0 bridgehead atoms. The summed E-state index contributed by atoms with van der Waals surface area (Å²) in [5.41, 5.74) is 5.50. The van der Waals surface area contributed by atoms with Crippen LogP contribution in [0.15, 0.2) is 17.6 Å². The third-order valence-electron chi connectivity index (χ3n) is 4.45. The van der Waals surface area contributed by atoms with Crippen molar-refractivity contribution >= 4 is 23.6 Å². The minimum atomic E-state index is 0.115. The molecule has 0 aliphatic carbocycles. The van der Waals surface area contributed by atoms with Gasteiger partial charge in [-0.05, 0) is 19.3 Å². The number of thioether (sulfide) groups is 1. The number of amides is 1. The van der Waals surface area contributed by atoms with E-state index in [1.807, 2.05) is 11.1 Å². The number of anilines is 1. The molecule has 1 fully saturated rings. The Morgan fingerprint density at radius 1 is 1.52 bits per heavy atom. The zero-order valence-electron chi connectivity index (χ0n) is 14.5. The number of unbranched alkanes of at least 4 members (excludes halogenated alkanes) is 1. The number of nitrogens with zero attached hydrogens (tertiary/aromatic N) is 5. The SMILES string of the molecule is CCCCn1ccnc1[C@H]1CCCN(C(=O)CSc2n[nH]c(N)n2)C1. The minimum absolute atomic E-state index is 0.115. The van der Waals surface area contributed by atoms with Crippen molar-refractivity contribution in [2.45, 2.75) is 50.2 Å². The monoisotopic (exact) mass is 363 g/mol. The van der Waals surface area contributed by atoms with Crippen LogP contribution in [0.2, 0.25) is 0 Å². The number of nitrogens with one attached hydrogen (secondary N) is 1. The Morgan fingerprint density at radius 3 is 3.16 bits per heavy atom. The number of carbonyl (C=O) groups excluding carboxylic acids is 1. The highest BCUT2D eigenvalue weighted by Gasteiger charge is 2.27. The number of rotatable bonds is 7. The summed E-state index contributed by atoms with van der Waals surface area (Å²) >= 11 is 1.31. The van der Waals surface area contributed by atoms with Gasteiger partial charge in [0, 0.05) is 37.9 Å². The Balaban J connectivity index is 1.57. The molecule has 0 unspecified atom stereocenters. The number of aromatic amines is 1. The van der Waals surface area contributed by atoms with E-state index in [1.54, 1.807) is 0 Å². The van der Waals surface area contributed by atoms with E-state index >= 15 is 0 Å². The fourth-order valence-corrected chi connectivity index (χ4v) is 3.86. The highest BCUT2D eigenvalue weighted by Crippen LogP contribution is 2.27. The predicted molar refractivity (Wildman–Crippen MR) is 97.2 cm³/mol. The van der Waals surface area contributed by atoms with Crippen molar-refractivity contribution in [3.8, 4) is 0 Å². The molecule has 0 aromatic carbocycles. The highest BCUT2D eigenvalue weighted by molar-refractivity contribution is 7.99. The molecule has 1 saturated heterocycles. The molecule has 1 amide bonds. The van der Waals surface area contributed by atoms with E-state index in [-0.39, 0.29) is 11.9 Å². The van der Waals surface area contributed by atoms with Crippen LogP contribution in [0.25, 0.3) is 0 Å². The Kier molecular flexibility index (Phi) is 5.95. The number of piperidine rings is 1. The van der Waals surface area contributed by atoms with Gasteiger partial charge in [-0.3, -0.25) is 4.79 Å². The van der Waals surface area contributed by atoms with Crippen LogP contribution in [0.4, 0.5) is 5.95 Å². The number of nitrogens with two attached hydrogens (primary N) is 1. The summed E-state index contributed by atoms with van der Waals surface area (Å²) in [7, 11) is 0. The first kappa shape index (κ1) is 17.8. The van der Waals surface area contributed by atoms with Gasteiger partial charge in [-0.1, -0.05) is 25.1 Å². The van der Waals surface area contributed by atoms with Gasteiger partial charge in [0.15, 0.2) is 0 Å². The average Bonchev–Trinajstić information content (AvgIpc) is 3.26. The van der Waals surface area contributed by atoms with Gasteiger partial charge in [-0.15, -0.1) is 5.10 Å². The number of likely N-dealkylation sites (tertiary alicyclic amines) is 1. The number of hydrogen-bond donors (Lipinski definition) is 2. The Bertz CT molecular complexity index is 698. The second-order valence-electron chi connectivity index (χ2n) is 6.30. The molecule has 9 heteroatoms. The van der Waals surface area contributed by atoms with E-state index in [1.165, 1.54) is 11.8 Å². The Labute approximate surface area is 151 Å². The molecule has 2 aromatic heterocycles. The number of aromatic nitrogens is 5. The van der Waals surface area contributed by atoms with Gasteiger partial charge in [-0.2, -0.15) is 4.98 Å². The largest absolute Gasteiger partial charge is 0.368 e. The molecule has 0 saturated carbocycles. The van der Waals surface area contributed by atoms with E-state index in [4.69, 9.17) is 5.73 Å². The number of H-pyrrole nitrogens is 1. The molecule has 1 aliphatic rings. The number of nitrogen functional groups attached to an aromatic ring is 1. The zero-order chi connectivity index (χ0) is 17.6. The van der Waals surface area contributed by atoms with Crippen LogP contribution in [0.1, 0.15) is 44.3 Å². The molecule has 2 aromatic rings. The molecule has 1 atom stereocenters. The first-order chi connectivity index (χ1) is 12.2. The quantitative estimate of drug-likeness (QED) is 0.728. The molecule has 3 heterocycles. The standard InChI is InChI=1S/C16H25N7OS/c1-2-3-7-22-9-6-18-14(22)12-5-4-8-23(10-12)13(24)11-25-16-19-15(17)20-21-16/h6,9,12H,2-5,7-8,10-11H2,1H3,(H3,17,19,20,21)/t12-/m0/s1. The molecule has 3 N–H and O–H groups in total. The summed E-state index contributed by atoms with van der Waals surface area (Å²) in [6.45, 7) is 4.73. The van der Waals surface area contributed by atoms with Crippen LogP contribution in [-0.4, -0.2) is 54.4 Å². The van der Waals surface area contributed by atoms with Crippen LogP contribution in [-0.2, 0) is 11.3 Å². The van der Waals surface area contributed by atoms with Crippen LogP contribution < -0.4 is 5.73 Å². The summed E-state index contributed by atoms with van der Waals surface area (Å²) in [4.78, 5) is 23.0. The molecule has 1 aliphatic heterocycles. The van der Waals surface area contributed by atoms with Gasteiger partial charge in [0.1, 0.15) is 5.82 Å². The summed E-state index contributed by atoms with van der Waals surface area (Å²) in [6, 6.07) is 0. The maximum atomic E-state index is 12.5. The van der Waals surface area contributed by atoms with Crippen LogP contribution >= 0.6 is 11.8 Å². The molecule has 136 valence electrons. The van der Waals surface area contributed by atoms with Crippen molar-refractivity contribution in [3.63, 3.8) is 0 Å². The summed E-state index contributed by atoms with van der Waals surface area (Å²) in [5, 5.41) is 7.04. The van der Waals surface area contributed by atoms with E-state index in [0.717, 1.165) is 51.1 Å². The van der Waals surface area contributed by atoms with Crippen molar-refractivity contribution in [3.05, 3.63) is 18.2 Å². The van der Waals surface area contributed by atoms with Crippen LogP contribution in [0, 0.1) is 0 Å². The number of hydrogen-bond acceptors (Lipinski definition) is 6. The van der Waals surface area contributed by atoms with E-state index in [0.29, 0.717) is 16.8 Å². The van der Waals surface area contributed by atoms with Crippen molar-refractivity contribution in [2.75, 3.05) is 24.6 Å². The van der Waals surface area contributed by atoms with Crippen LogP contribution in [0.5, 0.6) is 0 Å². The molecule has 0 spiro atoms. The molecule has 0 radical (unpaired) electrons. The first-order valence-electron chi connectivity index (χ1n) is 8.77. The van der Waals surface area contributed by atoms with Crippen molar-refractivity contribution in [1.82, 2.24) is 29.6 Å². The number of carbonyl (C=O) groups is 1. The topological polar surface area (TPSA) is 106 Å². The lowest BCUT2D eigenvalue weighted by Crippen LogP contribution is -2.40. The fraction of sp³-hybridized carbons (Fsp3) is 0.625. The maximum Gasteiger partial charge on any atom is 0.233 e. The average molecular weight is 363 g/mol. The minimum Gasteiger partial charge on any atom is -0.368 e. The second kappa shape index (κ2) is 8.37. The molecular formula is C16H25N7OS. The van der Waals surface area contributed by atoms with Gasteiger partial charge in [-0.25, -0.2) is 10.1 Å². The highest BCUT2D eigenvalue weighted by atomic mass is 32.2. The van der Waals surface area contributed by atoms with E-state index < -0.39 is 0 Å². The van der Waals surface area contributed by atoms with Gasteiger partial charge in [0.05, 0.1) is 5.75 Å². The van der Waals surface area contributed by atoms with Crippen molar-refractivity contribution in [1.29, 1.82) is 0 Å². The van der Waals surface area contributed by atoms with Gasteiger partial charge in [0.2, 0.25) is 17.0 Å². The van der Waals surface area contributed by atoms with Gasteiger partial charge >= 0.3 is 0 Å². The van der Waals surface area contributed by atoms with Gasteiger partial charge in [0.25, 0.3) is 0 Å². The fourth-order valence-electron chi connectivity index (χ4n) is 3.15. The lowest BCUT2D eigenvalue weighted by molar-refractivity contribution is -0.129. The number of aryl methyl sites for hydroxylation is 1. The third kappa shape index (κ3) is 4.53. The van der Waals surface area contributed by atoms with Crippen LogP contribution in [0.3, 0.4) is 0 Å². The molecule has 8 nitrogen and oxygen atoms in total. The van der Waals surface area contributed by atoms with E-state index in [2.05, 4.69) is 37.9 Å². The normalized spacial score (nSPS) is 17.8. The molecule has 25 heavy (non-hydrogen) atoms. The third-order valence-corrected chi connectivity index (χ3v) is 5.28. The summed E-state index contributed by atoms with van der Waals surface area (Å²) in [5.74, 6) is 2.14. The van der Waals surface area contributed by atoms with E-state index in [9.17, 15) is 4.79 Å². The zero-order valence-corrected chi connectivity index (χ0v) is 15.3. The molecule has 3 rings (SSSR count). The lowest BCUT2D eigenvalue weighted by Gasteiger charge is -2.32. The Morgan fingerprint density at radius 2 is 2.40 bits per heavy atom. The lowest BCUT2D eigenvalue weighted by atomic mass is 9.97. The smallest absolute Gasteiger partial charge is 0.233 e. The first-order valence-corrected chi connectivity index (χ1v) is 9.75. The number of imidazole rings is 1.